The minimum absolute atomic E-state index is 0.0979. The zero-order chi connectivity index (χ0) is 10.8. The molecule has 0 aromatic heterocycles. The van der Waals surface area contributed by atoms with Gasteiger partial charge in [-0.15, -0.1) is 0 Å². The molecular weight excluding hydrogens is 228 g/mol. The van der Waals surface area contributed by atoms with Gasteiger partial charge in [-0.25, -0.2) is 0 Å². The smallest absolute Gasteiger partial charge is 0.264 e. The molecule has 0 aromatic carbocycles. The van der Waals surface area contributed by atoms with Gasteiger partial charge in [-0.2, -0.15) is 0 Å². The van der Waals surface area contributed by atoms with Crippen LogP contribution in [0.15, 0.2) is 35.0 Å². The van der Waals surface area contributed by atoms with Crippen molar-refractivity contribution >= 4 is 34.2 Å². The molecule has 2 aliphatic heterocycles. The Labute approximate surface area is 97.9 Å². The first-order valence-electron chi connectivity index (χ1n) is 4.60. The van der Waals surface area contributed by atoms with E-state index in [0.717, 1.165) is 12.1 Å². The van der Waals surface area contributed by atoms with E-state index in [-0.39, 0.29) is 5.91 Å². The Balaban J connectivity index is 2.26. The third-order valence-electron chi connectivity index (χ3n) is 2.14. The van der Waals surface area contributed by atoms with E-state index < -0.39 is 0 Å². The molecule has 1 saturated heterocycles. The average molecular weight is 238 g/mol. The second-order valence-corrected chi connectivity index (χ2v) is 4.78. The summed E-state index contributed by atoms with van der Waals surface area (Å²) in [4.78, 5) is 14.2. The molecule has 0 saturated carbocycles. The van der Waals surface area contributed by atoms with Crippen molar-refractivity contribution in [3.05, 3.63) is 35.0 Å². The van der Waals surface area contributed by atoms with E-state index in [1.165, 1.54) is 11.8 Å². The highest BCUT2D eigenvalue weighted by Crippen LogP contribution is 2.29. The number of thioether (sulfide) groups is 1. The third kappa shape index (κ3) is 2.13. The molecule has 1 N–H and O–H groups in total. The first kappa shape index (κ1) is 10.4. The van der Waals surface area contributed by atoms with Crippen LogP contribution in [0.5, 0.6) is 0 Å². The minimum Gasteiger partial charge on any atom is -0.354 e. The second kappa shape index (κ2) is 4.20. The van der Waals surface area contributed by atoms with Crippen molar-refractivity contribution in [3.8, 4) is 0 Å². The minimum atomic E-state index is -0.0979. The van der Waals surface area contributed by atoms with Crippen molar-refractivity contribution in [1.82, 2.24) is 10.2 Å². The van der Waals surface area contributed by atoms with Gasteiger partial charge in [0.2, 0.25) is 0 Å². The Morgan fingerprint density at radius 2 is 2.13 bits per heavy atom. The summed E-state index contributed by atoms with van der Waals surface area (Å²) in [6.45, 7) is 2.99. The van der Waals surface area contributed by atoms with Gasteiger partial charge in [-0.3, -0.25) is 4.79 Å². The van der Waals surface area contributed by atoms with Crippen LogP contribution in [0.1, 0.15) is 6.92 Å². The molecule has 0 unspecified atom stereocenters. The number of nitrogens with zero attached hydrogens (tertiary/aromatic N) is 1. The van der Waals surface area contributed by atoms with Crippen molar-refractivity contribution in [2.75, 3.05) is 6.54 Å². The Morgan fingerprint density at radius 1 is 1.47 bits per heavy atom. The number of amides is 1. The van der Waals surface area contributed by atoms with E-state index in [4.69, 9.17) is 12.2 Å². The van der Waals surface area contributed by atoms with Gasteiger partial charge < -0.3 is 10.2 Å². The van der Waals surface area contributed by atoms with E-state index >= 15 is 0 Å². The lowest BCUT2D eigenvalue weighted by molar-refractivity contribution is -0.115. The molecule has 1 fully saturated rings. The summed E-state index contributed by atoms with van der Waals surface area (Å²) in [7, 11) is 0. The standard InChI is InChI=1S/C10H10N2OS2/c1-2-12-5-3-7(4-6-12)8-9(13)11-10(14)15-8/h3-6H,2H2,1H3,(H,11,13,14). The van der Waals surface area contributed by atoms with Crippen LogP contribution in [0, 0.1) is 0 Å². The first-order chi connectivity index (χ1) is 7.20. The van der Waals surface area contributed by atoms with E-state index in [1.54, 1.807) is 0 Å². The highest BCUT2D eigenvalue weighted by Gasteiger charge is 2.24. The number of thiocarbonyl (C=S) groups is 1. The number of nitrogens with one attached hydrogen (secondary N) is 1. The molecular formula is C10H10N2OS2. The largest absolute Gasteiger partial charge is 0.354 e. The van der Waals surface area contributed by atoms with Gasteiger partial charge in [0.1, 0.15) is 4.32 Å². The normalized spacial score (nSPS) is 20.2. The van der Waals surface area contributed by atoms with Crippen LogP contribution in [0.2, 0.25) is 0 Å². The Kier molecular flexibility index (Phi) is 2.93. The van der Waals surface area contributed by atoms with Crippen molar-refractivity contribution in [1.29, 1.82) is 0 Å². The summed E-state index contributed by atoms with van der Waals surface area (Å²) in [5, 5.41) is 2.61. The number of allylic oxidation sites excluding steroid dienone is 3. The second-order valence-electron chi connectivity index (χ2n) is 3.09. The zero-order valence-electron chi connectivity index (χ0n) is 8.19. The molecule has 78 valence electrons. The van der Waals surface area contributed by atoms with E-state index in [1.807, 2.05) is 29.5 Å². The Hall–Kier alpha value is -1.07. The summed E-state index contributed by atoms with van der Waals surface area (Å²) in [6, 6.07) is 0. The summed E-state index contributed by atoms with van der Waals surface area (Å²) >= 11 is 6.25. The van der Waals surface area contributed by atoms with Gasteiger partial charge in [0.05, 0.1) is 4.91 Å². The fourth-order valence-electron chi connectivity index (χ4n) is 1.32. The molecule has 3 nitrogen and oxygen atoms in total. The molecule has 15 heavy (non-hydrogen) atoms. The summed E-state index contributed by atoms with van der Waals surface area (Å²) in [6.07, 6.45) is 7.77. The fourth-order valence-corrected chi connectivity index (χ4v) is 2.39. The van der Waals surface area contributed by atoms with Gasteiger partial charge in [-0.1, -0.05) is 24.0 Å². The van der Waals surface area contributed by atoms with Gasteiger partial charge in [-0.05, 0) is 24.6 Å². The van der Waals surface area contributed by atoms with Crippen LogP contribution in [0.25, 0.3) is 0 Å². The summed E-state index contributed by atoms with van der Waals surface area (Å²) in [5.41, 5.74) is 0.919. The topological polar surface area (TPSA) is 32.3 Å². The molecule has 0 aliphatic carbocycles. The molecule has 0 bridgehead atoms. The molecule has 0 radical (unpaired) electrons. The molecule has 2 heterocycles. The van der Waals surface area contributed by atoms with E-state index in [0.29, 0.717) is 9.23 Å². The number of carbonyl (C=O) groups is 1. The molecule has 0 aromatic rings. The lowest BCUT2D eigenvalue weighted by atomic mass is 10.2. The molecule has 1 amide bonds. The summed E-state index contributed by atoms with van der Waals surface area (Å²) in [5.74, 6) is -0.0979. The van der Waals surface area contributed by atoms with Crippen molar-refractivity contribution in [2.24, 2.45) is 0 Å². The van der Waals surface area contributed by atoms with Crippen LogP contribution in [0.4, 0.5) is 0 Å². The predicted molar refractivity (Wildman–Crippen MR) is 66.0 cm³/mol. The molecule has 0 spiro atoms. The predicted octanol–water partition coefficient (Wildman–Crippen LogP) is 1.75. The Morgan fingerprint density at radius 3 is 2.60 bits per heavy atom. The lowest BCUT2D eigenvalue weighted by Crippen LogP contribution is -2.18. The number of hydrogen-bond donors (Lipinski definition) is 1. The quantitative estimate of drug-likeness (QED) is 0.557. The third-order valence-corrected chi connectivity index (χ3v) is 3.40. The van der Waals surface area contributed by atoms with E-state index in [2.05, 4.69) is 12.2 Å². The lowest BCUT2D eigenvalue weighted by Gasteiger charge is -2.16. The SMILES string of the molecule is CCN1C=CC(=C2SC(=S)NC2=O)C=C1. The molecule has 2 rings (SSSR count). The monoisotopic (exact) mass is 238 g/mol. The maximum atomic E-state index is 11.5. The molecule has 0 atom stereocenters. The van der Waals surface area contributed by atoms with Gasteiger partial charge >= 0.3 is 0 Å². The van der Waals surface area contributed by atoms with Crippen LogP contribution in [0.3, 0.4) is 0 Å². The van der Waals surface area contributed by atoms with Crippen LogP contribution in [-0.2, 0) is 4.79 Å². The zero-order valence-corrected chi connectivity index (χ0v) is 9.82. The molecule has 5 heteroatoms. The Bertz CT molecular complexity index is 394. The van der Waals surface area contributed by atoms with Crippen LogP contribution < -0.4 is 5.32 Å². The van der Waals surface area contributed by atoms with Gasteiger partial charge in [0.25, 0.3) is 5.91 Å². The fraction of sp³-hybridized carbons (Fsp3) is 0.200. The maximum absolute atomic E-state index is 11.5. The number of rotatable bonds is 1. The van der Waals surface area contributed by atoms with Gasteiger partial charge in [0, 0.05) is 18.9 Å². The van der Waals surface area contributed by atoms with Crippen molar-refractivity contribution in [3.63, 3.8) is 0 Å². The summed E-state index contributed by atoms with van der Waals surface area (Å²) < 4.78 is 0.530. The highest BCUT2D eigenvalue weighted by molar-refractivity contribution is 8.26. The number of carbonyl (C=O) groups excluding carboxylic acids is 1. The maximum Gasteiger partial charge on any atom is 0.264 e. The van der Waals surface area contributed by atoms with Crippen molar-refractivity contribution in [2.45, 2.75) is 6.92 Å². The first-order valence-corrected chi connectivity index (χ1v) is 5.82. The van der Waals surface area contributed by atoms with Crippen LogP contribution >= 0.6 is 24.0 Å². The van der Waals surface area contributed by atoms with E-state index in [9.17, 15) is 4.79 Å². The highest BCUT2D eigenvalue weighted by atomic mass is 32.2. The number of hydrogen-bond acceptors (Lipinski definition) is 4. The van der Waals surface area contributed by atoms with Crippen molar-refractivity contribution < 1.29 is 4.79 Å². The van der Waals surface area contributed by atoms with Crippen LogP contribution in [-0.4, -0.2) is 21.7 Å². The average Bonchev–Trinajstić information content (AvgIpc) is 2.58. The molecule has 2 aliphatic rings. The van der Waals surface area contributed by atoms with Gasteiger partial charge in [0.15, 0.2) is 0 Å².